The van der Waals surface area contributed by atoms with Crippen molar-refractivity contribution in [1.29, 1.82) is 0 Å². The maximum absolute atomic E-state index is 11.2. The lowest BCUT2D eigenvalue weighted by Crippen LogP contribution is -2.27. The van der Waals surface area contributed by atoms with Crippen molar-refractivity contribution in [2.24, 2.45) is 0 Å². The number of halogens is 1. The van der Waals surface area contributed by atoms with Gasteiger partial charge in [0.25, 0.3) is 5.69 Å². The first-order valence-corrected chi connectivity index (χ1v) is 7.13. The Morgan fingerprint density at radius 2 is 2.22 bits per heavy atom. The van der Waals surface area contributed by atoms with Crippen LogP contribution in [0.3, 0.4) is 0 Å². The Kier molecular flexibility index (Phi) is 4.22. The van der Waals surface area contributed by atoms with Gasteiger partial charge in [0.1, 0.15) is 5.69 Å². The number of hydrogen-bond donors (Lipinski definition) is 0. The van der Waals surface area contributed by atoms with Crippen molar-refractivity contribution in [2.75, 3.05) is 11.4 Å². The van der Waals surface area contributed by atoms with Crippen LogP contribution in [0.2, 0.25) is 0 Å². The normalized spacial score (nSPS) is 14.6. The summed E-state index contributed by atoms with van der Waals surface area (Å²) < 4.78 is 0.754. The van der Waals surface area contributed by atoms with Crippen molar-refractivity contribution >= 4 is 27.3 Å². The van der Waals surface area contributed by atoms with Gasteiger partial charge in [-0.2, -0.15) is 0 Å². The molecular weight excluding hydrogens is 296 g/mol. The van der Waals surface area contributed by atoms with Gasteiger partial charge in [0, 0.05) is 23.1 Å². The molecule has 0 heterocycles. The van der Waals surface area contributed by atoms with E-state index in [-0.39, 0.29) is 10.6 Å². The Morgan fingerprint density at radius 3 is 2.78 bits per heavy atom. The largest absolute Gasteiger partial charge is 0.363 e. The van der Waals surface area contributed by atoms with E-state index in [1.165, 1.54) is 0 Å². The summed E-state index contributed by atoms with van der Waals surface area (Å²) in [6, 6.07) is 5.83. The van der Waals surface area contributed by atoms with Gasteiger partial charge in [-0.05, 0) is 31.4 Å². The van der Waals surface area contributed by atoms with E-state index < -0.39 is 0 Å². The predicted molar refractivity (Wildman–Crippen MR) is 76.1 cm³/mol. The zero-order chi connectivity index (χ0) is 13.1. The van der Waals surface area contributed by atoms with Gasteiger partial charge in [0.05, 0.1) is 4.92 Å². The molecule has 1 aromatic rings. The van der Waals surface area contributed by atoms with Crippen LogP contribution in [-0.4, -0.2) is 17.5 Å². The summed E-state index contributed by atoms with van der Waals surface area (Å²) in [6.07, 6.45) is 4.48. The van der Waals surface area contributed by atoms with Crippen molar-refractivity contribution in [1.82, 2.24) is 0 Å². The molecule has 1 saturated carbocycles. The van der Waals surface area contributed by atoms with Crippen molar-refractivity contribution in [3.05, 3.63) is 32.8 Å². The highest BCUT2D eigenvalue weighted by molar-refractivity contribution is 9.10. The molecule has 0 amide bonds. The highest BCUT2D eigenvalue weighted by Crippen LogP contribution is 2.38. The first-order chi connectivity index (χ1) is 8.63. The van der Waals surface area contributed by atoms with Crippen LogP contribution in [-0.2, 0) is 0 Å². The molecule has 18 heavy (non-hydrogen) atoms. The van der Waals surface area contributed by atoms with Gasteiger partial charge in [-0.1, -0.05) is 29.3 Å². The van der Waals surface area contributed by atoms with Crippen LogP contribution < -0.4 is 4.90 Å². The van der Waals surface area contributed by atoms with E-state index in [4.69, 9.17) is 0 Å². The third-order valence-electron chi connectivity index (χ3n) is 3.18. The molecular formula is C13H17BrN2O2. The van der Waals surface area contributed by atoms with Crippen LogP contribution in [0.25, 0.3) is 0 Å². The van der Waals surface area contributed by atoms with Crippen LogP contribution >= 0.6 is 15.9 Å². The molecule has 1 aliphatic rings. The summed E-state index contributed by atoms with van der Waals surface area (Å²) in [7, 11) is 0. The van der Waals surface area contributed by atoms with Crippen LogP contribution in [0.1, 0.15) is 32.6 Å². The number of rotatable bonds is 6. The molecule has 98 valence electrons. The molecule has 0 saturated heterocycles. The molecule has 4 nitrogen and oxygen atoms in total. The molecule has 0 N–H and O–H groups in total. The average molecular weight is 313 g/mol. The fraction of sp³-hybridized carbons (Fsp3) is 0.538. The highest BCUT2D eigenvalue weighted by Gasteiger charge is 2.32. The molecule has 0 aromatic heterocycles. The minimum absolute atomic E-state index is 0.201. The van der Waals surface area contributed by atoms with Gasteiger partial charge >= 0.3 is 0 Å². The van der Waals surface area contributed by atoms with Gasteiger partial charge in [-0.25, -0.2) is 0 Å². The molecule has 0 bridgehead atoms. The van der Waals surface area contributed by atoms with Crippen molar-refractivity contribution in [3.63, 3.8) is 0 Å². The Hall–Kier alpha value is -1.10. The molecule has 0 spiro atoms. The number of anilines is 1. The van der Waals surface area contributed by atoms with E-state index in [1.807, 2.05) is 12.1 Å². The second kappa shape index (κ2) is 5.69. The minimum Gasteiger partial charge on any atom is -0.363 e. The highest BCUT2D eigenvalue weighted by atomic mass is 79.9. The van der Waals surface area contributed by atoms with Crippen LogP contribution in [0.4, 0.5) is 11.4 Å². The number of hydrogen-bond acceptors (Lipinski definition) is 3. The van der Waals surface area contributed by atoms with Crippen LogP contribution in [0.15, 0.2) is 22.7 Å². The number of unbranched alkanes of at least 4 members (excludes halogenated alkanes) is 1. The van der Waals surface area contributed by atoms with E-state index in [0.717, 1.165) is 42.4 Å². The molecule has 1 aliphatic carbocycles. The Balaban J connectivity index is 2.30. The maximum Gasteiger partial charge on any atom is 0.293 e. The van der Waals surface area contributed by atoms with E-state index in [0.29, 0.717) is 6.04 Å². The summed E-state index contributed by atoms with van der Waals surface area (Å²) in [4.78, 5) is 13.1. The van der Waals surface area contributed by atoms with Gasteiger partial charge < -0.3 is 4.90 Å². The summed E-state index contributed by atoms with van der Waals surface area (Å²) in [5.41, 5.74) is 0.964. The lowest BCUT2D eigenvalue weighted by Gasteiger charge is -2.24. The smallest absolute Gasteiger partial charge is 0.293 e. The van der Waals surface area contributed by atoms with Crippen LogP contribution in [0, 0.1) is 10.1 Å². The number of benzene rings is 1. The van der Waals surface area contributed by atoms with Crippen LogP contribution in [0.5, 0.6) is 0 Å². The Labute approximate surface area is 115 Å². The molecule has 0 radical (unpaired) electrons. The van der Waals surface area contributed by atoms with Crippen molar-refractivity contribution in [2.45, 2.75) is 38.6 Å². The molecule has 0 aliphatic heterocycles. The summed E-state index contributed by atoms with van der Waals surface area (Å²) in [5, 5.41) is 11.2. The Morgan fingerprint density at radius 1 is 1.50 bits per heavy atom. The van der Waals surface area contributed by atoms with E-state index in [9.17, 15) is 10.1 Å². The molecule has 5 heteroatoms. The standard InChI is InChI=1S/C13H17BrN2O2/c1-2-3-8-15(11-5-6-11)12-7-4-10(14)9-13(12)16(17)18/h4,7,9,11H,2-3,5-6,8H2,1H3. The molecule has 1 aromatic carbocycles. The Bertz CT molecular complexity index is 447. The van der Waals surface area contributed by atoms with Crippen molar-refractivity contribution in [3.8, 4) is 0 Å². The quantitative estimate of drug-likeness (QED) is 0.586. The molecule has 0 atom stereocenters. The van der Waals surface area contributed by atoms with Gasteiger partial charge in [0.2, 0.25) is 0 Å². The third kappa shape index (κ3) is 3.02. The maximum atomic E-state index is 11.2. The lowest BCUT2D eigenvalue weighted by atomic mass is 10.2. The summed E-state index contributed by atoms with van der Waals surface area (Å²) in [5.74, 6) is 0. The second-order valence-corrected chi connectivity index (χ2v) is 5.58. The van der Waals surface area contributed by atoms with E-state index >= 15 is 0 Å². The van der Waals surface area contributed by atoms with E-state index in [1.54, 1.807) is 6.07 Å². The van der Waals surface area contributed by atoms with Crippen molar-refractivity contribution < 1.29 is 4.92 Å². The second-order valence-electron chi connectivity index (χ2n) is 4.67. The zero-order valence-electron chi connectivity index (χ0n) is 10.4. The number of nitro benzene ring substituents is 1. The fourth-order valence-electron chi connectivity index (χ4n) is 2.10. The first-order valence-electron chi connectivity index (χ1n) is 6.34. The number of nitro groups is 1. The molecule has 2 rings (SSSR count). The topological polar surface area (TPSA) is 46.4 Å². The van der Waals surface area contributed by atoms with Gasteiger partial charge in [-0.3, -0.25) is 10.1 Å². The average Bonchev–Trinajstić information content (AvgIpc) is 3.15. The van der Waals surface area contributed by atoms with E-state index in [2.05, 4.69) is 27.8 Å². The number of nitrogens with zero attached hydrogens (tertiary/aromatic N) is 2. The summed E-state index contributed by atoms with van der Waals surface area (Å²) >= 11 is 3.30. The van der Waals surface area contributed by atoms with Gasteiger partial charge in [-0.15, -0.1) is 0 Å². The fourth-order valence-corrected chi connectivity index (χ4v) is 2.45. The zero-order valence-corrected chi connectivity index (χ0v) is 12.0. The minimum atomic E-state index is -0.290. The first kappa shape index (κ1) is 13.3. The van der Waals surface area contributed by atoms with Gasteiger partial charge in [0.15, 0.2) is 0 Å². The summed E-state index contributed by atoms with van der Waals surface area (Å²) in [6.45, 7) is 3.05. The monoisotopic (exact) mass is 312 g/mol. The third-order valence-corrected chi connectivity index (χ3v) is 3.68. The SMILES string of the molecule is CCCCN(c1ccc(Br)cc1[N+](=O)[O-])C1CC1. The lowest BCUT2D eigenvalue weighted by molar-refractivity contribution is -0.384. The molecule has 0 unspecified atom stereocenters. The molecule has 1 fully saturated rings. The predicted octanol–water partition coefficient (Wildman–Crippen LogP) is 4.13.